The maximum atomic E-state index is 11.9. The molecule has 0 radical (unpaired) electrons. The molecule has 0 unspecified atom stereocenters. The zero-order chi connectivity index (χ0) is 9.90. The molecule has 0 spiro atoms. The fourth-order valence-corrected chi connectivity index (χ4v) is 2.21. The largest absolute Gasteiger partial charge is 0.353 e. The second-order valence-corrected chi connectivity index (χ2v) is 4.47. The minimum atomic E-state index is -0.0235. The van der Waals surface area contributed by atoms with Gasteiger partial charge in [-0.15, -0.1) is 0 Å². The minimum Gasteiger partial charge on any atom is -0.353 e. The third-order valence-corrected chi connectivity index (χ3v) is 3.14. The van der Waals surface area contributed by atoms with Crippen LogP contribution in [0, 0.1) is 5.41 Å². The van der Waals surface area contributed by atoms with E-state index in [1.54, 1.807) is 0 Å². The molecule has 1 N–H and O–H groups in total. The topological polar surface area (TPSA) is 29.1 Å². The van der Waals surface area contributed by atoms with Crippen molar-refractivity contribution in [3.63, 3.8) is 0 Å². The fourth-order valence-electron chi connectivity index (χ4n) is 2.21. The van der Waals surface area contributed by atoms with Crippen molar-refractivity contribution in [3.05, 3.63) is 0 Å². The number of hydrogen-bond acceptors (Lipinski definition) is 1. The average Bonchev–Trinajstić information content (AvgIpc) is 2.51. The molecular formula is C11H21NO. The van der Waals surface area contributed by atoms with Gasteiger partial charge in [0.25, 0.3) is 0 Å². The quantitative estimate of drug-likeness (QED) is 0.715. The lowest BCUT2D eigenvalue weighted by Crippen LogP contribution is -2.42. The molecular weight excluding hydrogens is 162 g/mol. The summed E-state index contributed by atoms with van der Waals surface area (Å²) in [6, 6.07) is 0.275. The van der Waals surface area contributed by atoms with E-state index < -0.39 is 0 Å². The SMILES string of the molecule is CCC1(C(=O)NC(C)C)CCCC1. The molecule has 1 rings (SSSR count). The van der Waals surface area contributed by atoms with Crippen LogP contribution in [0.4, 0.5) is 0 Å². The summed E-state index contributed by atoms with van der Waals surface area (Å²) in [6.07, 6.45) is 5.61. The molecule has 0 aromatic carbocycles. The maximum absolute atomic E-state index is 11.9. The summed E-state index contributed by atoms with van der Waals surface area (Å²) >= 11 is 0. The van der Waals surface area contributed by atoms with Crippen LogP contribution >= 0.6 is 0 Å². The van der Waals surface area contributed by atoms with Gasteiger partial charge in [0, 0.05) is 11.5 Å². The van der Waals surface area contributed by atoms with E-state index in [0.29, 0.717) is 0 Å². The standard InChI is InChI=1S/C11H21NO/c1-4-11(7-5-6-8-11)10(13)12-9(2)3/h9H,4-8H2,1-3H3,(H,12,13). The van der Waals surface area contributed by atoms with Crippen LogP contribution in [-0.4, -0.2) is 11.9 Å². The van der Waals surface area contributed by atoms with Crippen molar-refractivity contribution in [2.45, 2.75) is 58.9 Å². The monoisotopic (exact) mass is 183 g/mol. The van der Waals surface area contributed by atoms with Crippen LogP contribution < -0.4 is 5.32 Å². The highest BCUT2D eigenvalue weighted by Gasteiger charge is 2.39. The molecule has 13 heavy (non-hydrogen) atoms. The third kappa shape index (κ3) is 2.23. The van der Waals surface area contributed by atoms with E-state index in [-0.39, 0.29) is 17.4 Å². The Morgan fingerprint density at radius 2 is 1.92 bits per heavy atom. The molecule has 0 aliphatic heterocycles. The molecule has 1 saturated carbocycles. The van der Waals surface area contributed by atoms with Gasteiger partial charge in [0.05, 0.1) is 0 Å². The van der Waals surface area contributed by atoms with E-state index in [0.717, 1.165) is 19.3 Å². The van der Waals surface area contributed by atoms with Gasteiger partial charge >= 0.3 is 0 Å². The van der Waals surface area contributed by atoms with Gasteiger partial charge in [-0.2, -0.15) is 0 Å². The number of nitrogens with one attached hydrogen (secondary N) is 1. The third-order valence-electron chi connectivity index (χ3n) is 3.14. The summed E-state index contributed by atoms with van der Waals surface area (Å²) in [7, 11) is 0. The lowest BCUT2D eigenvalue weighted by Gasteiger charge is -2.27. The predicted molar refractivity (Wildman–Crippen MR) is 54.5 cm³/mol. The molecule has 2 nitrogen and oxygen atoms in total. The van der Waals surface area contributed by atoms with Gasteiger partial charge in [-0.3, -0.25) is 4.79 Å². The van der Waals surface area contributed by atoms with Crippen molar-refractivity contribution in [1.29, 1.82) is 0 Å². The first-order chi connectivity index (χ1) is 6.10. The van der Waals surface area contributed by atoms with Gasteiger partial charge in [0.1, 0.15) is 0 Å². The van der Waals surface area contributed by atoms with Gasteiger partial charge < -0.3 is 5.32 Å². The van der Waals surface area contributed by atoms with Crippen molar-refractivity contribution in [3.8, 4) is 0 Å². The molecule has 2 heteroatoms. The second-order valence-electron chi connectivity index (χ2n) is 4.47. The Morgan fingerprint density at radius 3 is 2.31 bits per heavy atom. The smallest absolute Gasteiger partial charge is 0.226 e. The van der Waals surface area contributed by atoms with E-state index >= 15 is 0 Å². The predicted octanol–water partition coefficient (Wildman–Crippen LogP) is 2.48. The summed E-state index contributed by atoms with van der Waals surface area (Å²) in [4.78, 5) is 11.9. The minimum absolute atomic E-state index is 0.0235. The molecule has 1 fully saturated rings. The Bertz CT molecular complexity index is 181. The van der Waals surface area contributed by atoms with Crippen molar-refractivity contribution >= 4 is 5.91 Å². The second kappa shape index (κ2) is 4.12. The number of carbonyl (C=O) groups excluding carboxylic acids is 1. The number of amides is 1. The molecule has 0 heterocycles. The molecule has 0 saturated heterocycles. The summed E-state index contributed by atoms with van der Waals surface area (Å²) in [5, 5.41) is 3.04. The van der Waals surface area contributed by atoms with Crippen molar-refractivity contribution in [1.82, 2.24) is 5.32 Å². The van der Waals surface area contributed by atoms with Crippen LogP contribution in [0.1, 0.15) is 52.9 Å². The van der Waals surface area contributed by atoms with Gasteiger partial charge in [-0.05, 0) is 33.1 Å². The highest BCUT2D eigenvalue weighted by molar-refractivity contribution is 5.83. The molecule has 0 bridgehead atoms. The number of rotatable bonds is 3. The first kappa shape index (κ1) is 10.6. The Hall–Kier alpha value is -0.530. The highest BCUT2D eigenvalue weighted by Crippen LogP contribution is 2.41. The van der Waals surface area contributed by atoms with Crippen LogP contribution in [0.2, 0.25) is 0 Å². The Balaban J connectivity index is 2.60. The van der Waals surface area contributed by atoms with E-state index in [2.05, 4.69) is 12.2 Å². The first-order valence-electron chi connectivity index (χ1n) is 5.42. The molecule has 1 amide bonds. The summed E-state index contributed by atoms with van der Waals surface area (Å²) in [5.41, 5.74) is -0.0235. The summed E-state index contributed by atoms with van der Waals surface area (Å²) in [5.74, 6) is 0.280. The molecule has 76 valence electrons. The fraction of sp³-hybridized carbons (Fsp3) is 0.909. The van der Waals surface area contributed by atoms with E-state index in [9.17, 15) is 4.79 Å². The highest BCUT2D eigenvalue weighted by atomic mass is 16.2. The van der Waals surface area contributed by atoms with Gasteiger partial charge in [0.2, 0.25) is 5.91 Å². The van der Waals surface area contributed by atoms with Gasteiger partial charge in [-0.25, -0.2) is 0 Å². The van der Waals surface area contributed by atoms with E-state index in [4.69, 9.17) is 0 Å². The molecule has 0 aromatic rings. The van der Waals surface area contributed by atoms with Crippen LogP contribution in [-0.2, 0) is 4.79 Å². The lowest BCUT2D eigenvalue weighted by molar-refractivity contribution is -0.131. The van der Waals surface area contributed by atoms with Crippen molar-refractivity contribution in [2.75, 3.05) is 0 Å². The normalized spacial score (nSPS) is 20.6. The zero-order valence-corrected chi connectivity index (χ0v) is 9.02. The van der Waals surface area contributed by atoms with Crippen molar-refractivity contribution in [2.24, 2.45) is 5.41 Å². The maximum Gasteiger partial charge on any atom is 0.226 e. The Morgan fingerprint density at radius 1 is 1.38 bits per heavy atom. The number of hydrogen-bond donors (Lipinski definition) is 1. The van der Waals surface area contributed by atoms with Crippen LogP contribution in [0.25, 0.3) is 0 Å². The van der Waals surface area contributed by atoms with Crippen LogP contribution in [0.5, 0.6) is 0 Å². The number of carbonyl (C=O) groups is 1. The van der Waals surface area contributed by atoms with Crippen LogP contribution in [0.3, 0.4) is 0 Å². The van der Waals surface area contributed by atoms with E-state index in [1.807, 2.05) is 13.8 Å². The van der Waals surface area contributed by atoms with Gasteiger partial charge in [0.15, 0.2) is 0 Å². The average molecular weight is 183 g/mol. The summed E-state index contributed by atoms with van der Waals surface area (Å²) in [6.45, 7) is 6.18. The Labute approximate surface area is 81.1 Å². The summed E-state index contributed by atoms with van der Waals surface area (Å²) < 4.78 is 0. The molecule has 1 aliphatic carbocycles. The van der Waals surface area contributed by atoms with Crippen molar-refractivity contribution < 1.29 is 4.79 Å². The lowest BCUT2D eigenvalue weighted by atomic mass is 9.82. The van der Waals surface area contributed by atoms with E-state index in [1.165, 1.54) is 12.8 Å². The van der Waals surface area contributed by atoms with Crippen LogP contribution in [0.15, 0.2) is 0 Å². The first-order valence-corrected chi connectivity index (χ1v) is 5.42. The van der Waals surface area contributed by atoms with Gasteiger partial charge in [-0.1, -0.05) is 19.8 Å². The Kier molecular flexibility index (Phi) is 3.34. The molecule has 1 aliphatic rings. The molecule has 0 aromatic heterocycles. The zero-order valence-electron chi connectivity index (χ0n) is 9.02. The molecule has 0 atom stereocenters.